The fourth-order valence-electron chi connectivity index (χ4n) is 1.56. The van der Waals surface area contributed by atoms with Crippen molar-refractivity contribution in [2.75, 3.05) is 13.2 Å². The van der Waals surface area contributed by atoms with Gasteiger partial charge in [0.05, 0.1) is 13.2 Å². The quantitative estimate of drug-likeness (QED) is 0.559. The molecule has 0 aromatic heterocycles. The summed E-state index contributed by atoms with van der Waals surface area (Å²) in [6, 6.07) is 4.33. The zero-order valence-electron chi connectivity index (χ0n) is 12.0. The van der Waals surface area contributed by atoms with Gasteiger partial charge in [-0.1, -0.05) is 26.7 Å². The van der Waals surface area contributed by atoms with Crippen molar-refractivity contribution in [1.29, 1.82) is 0 Å². The number of hydrogen-bond acceptors (Lipinski definition) is 4. The highest BCUT2D eigenvalue weighted by Gasteiger charge is 2.17. The SMILES string of the molecule is CCCCOc1ccc(S(=O)(=O)O)c(OCCCC)c1. The number of benzene rings is 1. The van der Waals surface area contributed by atoms with Crippen molar-refractivity contribution in [2.45, 2.75) is 44.4 Å². The number of hydrogen-bond donors (Lipinski definition) is 1. The Morgan fingerprint density at radius 1 is 1.05 bits per heavy atom. The highest BCUT2D eigenvalue weighted by Crippen LogP contribution is 2.29. The summed E-state index contributed by atoms with van der Waals surface area (Å²) in [4.78, 5) is -0.226. The van der Waals surface area contributed by atoms with Crippen molar-refractivity contribution in [1.82, 2.24) is 0 Å². The highest BCUT2D eigenvalue weighted by atomic mass is 32.2. The lowest BCUT2D eigenvalue weighted by atomic mass is 10.3. The van der Waals surface area contributed by atoms with Crippen LogP contribution in [0.2, 0.25) is 0 Å². The van der Waals surface area contributed by atoms with Gasteiger partial charge in [0.25, 0.3) is 10.1 Å². The van der Waals surface area contributed by atoms with Crippen molar-refractivity contribution < 1.29 is 22.4 Å². The summed E-state index contributed by atoms with van der Waals surface area (Å²) in [6.07, 6.45) is 3.69. The second kappa shape index (κ2) is 8.11. The van der Waals surface area contributed by atoms with E-state index in [0.29, 0.717) is 19.0 Å². The van der Waals surface area contributed by atoms with Gasteiger partial charge in [-0.05, 0) is 25.0 Å². The number of ether oxygens (including phenoxy) is 2. The molecule has 0 heterocycles. The molecule has 0 saturated carbocycles. The molecular formula is C14H22O5S. The second-order valence-electron chi connectivity index (χ2n) is 4.49. The van der Waals surface area contributed by atoms with Crippen molar-refractivity contribution in [2.24, 2.45) is 0 Å². The van der Waals surface area contributed by atoms with Crippen LogP contribution in [0.1, 0.15) is 39.5 Å². The molecule has 114 valence electrons. The van der Waals surface area contributed by atoms with Gasteiger partial charge in [0.2, 0.25) is 0 Å². The van der Waals surface area contributed by atoms with E-state index in [1.807, 2.05) is 6.92 Å². The minimum atomic E-state index is -4.29. The molecule has 0 saturated heterocycles. The molecule has 5 nitrogen and oxygen atoms in total. The maximum atomic E-state index is 11.3. The smallest absolute Gasteiger partial charge is 0.298 e. The van der Waals surface area contributed by atoms with Crippen LogP contribution in [0.5, 0.6) is 11.5 Å². The van der Waals surface area contributed by atoms with Gasteiger partial charge in [-0.15, -0.1) is 0 Å². The molecule has 0 unspecified atom stereocenters. The van der Waals surface area contributed by atoms with Crippen LogP contribution in [-0.4, -0.2) is 26.2 Å². The lowest BCUT2D eigenvalue weighted by Gasteiger charge is -2.12. The van der Waals surface area contributed by atoms with E-state index >= 15 is 0 Å². The second-order valence-corrected chi connectivity index (χ2v) is 5.88. The van der Waals surface area contributed by atoms with Crippen LogP contribution < -0.4 is 9.47 Å². The first-order valence-electron chi connectivity index (χ1n) is 6.86. The number of unbranched alkanes of at least 4 members (excludes halogenated alkanes) is 2. The zero-order chi connectivity index (χ0) is 15.0. The van der Waals surface area contributed by atoms with E-state index < -0.39 is 10.1 Å². The molecule has 1 aromatic carbocycles. The van der Waals surface area contributed by atoms with Crippen LogP contribution in [0.3, 0.4) is 0 Å². The largest absolute Gasteiger partial charge is 0.493 e. The van der Waals surface area contributed by atoms with E-state index in [-0.39, 0.29) is 10.6 Å². The van der Waals surface area contributed by atoms with Gasteiger partial charge in [-0.25, -0.2) is 0 Å². The third kappa shape index (κ3) is 5.38. The Bertz CT molecular complexity index is 510. The van der Waals surface area contributed by atoms with Gasteiger partial charge in [-0.3, -0.25) is 4.55 Å². The molecule has 0 atom stereocenters. The predicted molar refractivity (Wildman–Crippen MR) is 77.1 cm³/mol. The lowest BCUT2D eigenvalue weighted by Crippen LogP contribution is -2.06. The van der Waals surface area contributed by atoms with Crippen molar-refractivity contribution in [3.8, 4) is 11.5 Å². The Labute approximate surface area is 120 Å². The summed E-state index contributed by atoms with van der Waals surface area (Å²) >= 11 is 0. The van der Waals surface area contributed by atoms with Crippen molar-refractivity contribution in [3.05, 3.63) is 18.2 Å². The highest BCUT2D eigenvalue weighted by molar-refractivity contribution is 7.86. The van der Waals surface area contributed by atoms with E-state index in [4.69, 9.17) is 9.47 Å². The first-order valence-corrected chi connectivity index (χ1v) is 8.30. The van der Waals surface area contributed by atoms with Crippen LogP contribution in [0.15, 0.2) is 23.1 Å². The monoisotopic (exact) mass is 302 g/mol. The third-order valence-corrected chi connectivity index (χ3v) is 3.61. The van der Waals surface area contributed by atoms with E-state index in [1.54, 1.807) is 0 Å². The fourth-order valence-corrected chi connectivity index (χ4v) is 2.18. The summed E-state index contributed by atoms with van der Waals surface area (Å²) in [6.45, 7) is 5.04. The topological polar surface area (TPSA) is 72.8 Å². The Balaban J connectivity index is 2.90. The molecule has 0 aliphatic rings. The first-order chi connectivity index (χ1) is 9.49. The fraction of sp³-hybridized carbons (Fsp3) is 0.571. The van der Waals surface area contributed by atoms with Crippen LogP contribution in [-0.2, 0) is 10.1 Å². The van der Waals surface area contributed by atoms with Gasteiger partial charge in [-0.2, -0.15) is 8.42 Å². The average molecular weight is 302 g/mol. The van der Waals surface area contributed by atoms with Crippen molar-refractivity contribution in [3.63, 3.8) is 0 Å². The summed E-state index contributed by atoms with van der Waals surface area (Å²) < 4.78 is 42.7. The number of rotatable bonds is 9. The Hall–Kier alpha value is -1.27. The van der Waals surface area contributed by atoms with Gasteiger partial charge in [0.15, 0.2) is 0 Å². The molecule has 0 aliphatic heterocycles. The summed E-state index contributed by atoms with van der Waals surface area (Å²) in [7, 11) is -4.29. The summed E-state index contributed by atoms with van der Waals surface area (Å²) in [5.74, 6) is 0.673. The molecule has 1 aromatic rings. The van der Waals surface area contributed by atoms with E-state index in [9.17, 15) is 13.0 Å². The first kappa shape index (κ1) is 16.8. The normalized spacial score (nSPS) is 11.3. The van der Waals surface area contributed by atoms with Crippen LogP contribution in [0.25, 0.3) is 0 Å². The average Bonchev–Trinajstić information content (AvgIpc) is 2.38. The maximum absolute atomic E-state index is 11.3. The molecule has 1 N–H and O–H groups in total. The van der Waals surface area contributed by atoms with E-state index in [2.05, 4.69) is 6.92 Å². The zero-order valence-corrected chi connectivity index (χ0v) is 12.8. The lowest BCUT2D eigenvalue weighted by molar-refractivity contribution is 0.288. The Morgan fingerprint density at radius 2 is 1.65 bits per heavy atom. The summed E-state index contributed by atoms with van der Waals surface area (Å²) in [5.41, 5.74) is 0. The molecule has 0 bridgehead atoms. The molecule has 0 amide bonds. The molecule has 0 aliphatic carbocycles. The molecule has 0 fully saturated rings. The van der Waals surface area contributed by atoms with Crippen LogP contribution in [0.4, 0.5) is 0 Å². The molecule has 0 radical (unpaired) electrons. The van der Waals surface area contributed by atoms with Gasteiger partial charge in [0, 0.05) is 6.07 Å². The van der Waals surface area contributed by atoms with Gasteiger partial charge < -0.3 is 9.47 Å². The minimum absolute atomic E-state index is 0.134. The minimum Gasteiger partial charge on any atom is -0.493 e. The summed E-state index contributed by atoms with van der Waals surface area (Å²) in [5, 5.41) is 0. The van der Waals surface area contributed by atoms with Gasteiger partial charge in [0.1, 0.15) is 16.4 Å². The van der Waals surface area contributed by atoms with E-state index in [1.165, 1.54) is 18.2 Å². The third-order valence-electron chi connectivity index (χ3n) is 2.72. The molecule has 6 heteroatoms. The molecular weight excluding hydrogens is 280 g/mol. The van der Waals surface area contributed by atoms with Gasteiger partial charge >= 0.3 is 0 Å². The van der Waals surface area contributed by atoms with Crippen LogP contribution >= 0.6 is 0 Å². The van der Waals surface area contributed by atoms with Crippen LogP contribution in [0, 0.1) is 0 Å². The Morgan fingerprint density at radius 3 is 2.20 bits per heavy atom. The van der Waals surface area contributed by atoms with Crippen molar-refractivity contribution >= 4 is 10.1 Å². The standard InChI is InChI=1S/C14H22O5S/c1-3-5-9-18-12-7-8-14(20(15,16)17)13(11-12)19-10-6-4-2/h7-8,11H,3-6,9-10H2,1-2H3,(H,15,16,17). The molecule has 0 spiro atoms. The Kier molecular flexibility index (Phi) is 6.81. The predicted octanol–water partition coefficient (Wildman–Crippen LogP) is 3.29. The van der Waals surface area contributed by atoms with E-state index in [0.717, 1.165) is 25.7 Å². The molecule has 1 rings (SSSR count). The molecule has 20 heavy (non-hydrogen) atoms. The maximum Gasteiger partial charge on any atom is 0.298 e.